The minimum Gasteiger partial charge on any atom is -0.443 e. The monoisotopic (exact) mass is 523 g/mol. The molecule has 0 unspecified atom stereocenters. The van der Waals surface area contributed by atoms with Crippen LogP contribution in [0.15, 0.2) is 18.2 Å². The number of rotatable bonds is 12. The molecule has 0 heterocycles. The van der Waals surface area contributed by atoms with Crippen molar-refractivity contribution in [3.8, 4) is 0 Å². The Balaban J connectivity index is 2.76. The summed E-state index contributed by atoms with van der Waals surface area (Å²) in [5.74, 6) is 0. The first kappa shape index (κ1) is 25.4. The Kier molecular flexibility index (Phi) is 12.3. The van der Waals surface area contributed by atoms with Crippen LogP contribution < -0.4 is 4.90 Å². The lowest BCUT2D eigenvalue weighted by Crippen LogP contribution is -2.39. The number of hydrogen-bond acceptors (Lipinski definition) is 5. The molecule has 0 bridgehead atoms. The molecule has 0 radical (unpaired) electrons. The molecular weight excluding hydrogens is 494 g/mol. The third-order valence-corrected chi connectivity index (χ3v) is 4.83. The highest BCUT2D eigenvalue weighted by Gasteiger charge is 2.24. The quantitative estimate of drug-likeness (QED) is 0.287. The molecule has 0 N–H and O–H groups in total. The van der Waals surface area contributed by atoms with E-state index < -0.39 is 5.60 Å². The Labute approximate surface area is 185 Å². The van der Waals surface area contributed by atoms with E-state index in [2.05, 4.69) is 37.9 Å². The van der Waals surface area contributed by atoms with Gasteiger partial charge in [-0.2, -0.15) is 0 Å². The molecule has 0 aliphatic carbocycles. The van der Waals surface area contributed by atoms with Crippen LogP contribution in [0.2, 0.25) is 0 Å². The SMILES string of the molecule is COCCOCCOCCN(C(=O)OC(C)(C)C)c1cc(CBr)cc(CBr)c1. The zero-order valence-electron chi connectivity index (χ0n) is 17.1. The van der Waals surface area contributed by atoms with E-state index >= 15 is 0 Å². The van der Waals surface area contributed by atoms with Crippen molar-refractivity contribution in [2.24, 2.45) is 0 Å². The third kappa shape index (κ3) is 10.2. The summed E-state index contributed by atoms with van der Waals surface area (Å²) in [6, 6.07) is 6.06. The Morgan fingerprint density at radius 2 is 1.46 bits per heavy atom. The fraction of sp³-hybridized carbons (Fsp3) is 0.650. The summed E-state index contributed by atoms with van der Waals surface area (Å²) in [5.41, 5.74) is 2.40. The van der Waals surface area contributed by atoms with Gasteiger partial charge in [-0.15, -0.1) is 0 Å². The van der Waals surface area contributed by atoms with Gasteiger partial charge in [0.1, 0.15) is 5.60 Å². The fourth-order valence-corrected chi connectivity index (χ4v) is 2.96. The number of alkyl halides is 2. The van der Waals surface area contributed by atoms with Crippen molar-refractivity contribution < 1.29 is 23.7 Å². The molecule has 1 aromatic carbocycles. The summed E-state index contributed by atoms with van der Waals surface area (Å²) in [4.78, 5) is 14.4. The largest absolute Gasteiger partial charge is 0.443 e. The average Bonchev–Trinajstić information content (AvgIpc) is 2.64. The van der Waals surface area contributed by atoms with E-state index in [1.54, 1.807) is 12.0 Å². The lowest BCUT2D eigenvalue weighted by atomic mass is 10.1. The van der Waals surface area contributed by atoms with Crippen molar-refractivity contribution in [1.29, 1.82) is 0 Å². The van der Waals surface area contributed by atoms with Gasteiger partial charge in [-0.1, -0.05) is 37.9 Å². The Hall–Kier alpha value is -0.670. The zero-order valence-corrected chi connectivity index (χ0v) is 20.3. The molecule has 0 aliphatic rings. The number of ether oxygens (including phenoxy) is 4. The second-order valence-electron chi connectivity index (χ2n) is 7.12. The summed E-state index contributed by atoms with van der Waals surface area (Å²) in [7, 11) is 1.64. The number of carbonyl (C=O) groups excluding carboxylic acids is 1. The lowest BCUT2D eigenvalue weighted by molar-refractivity contribution is 0.0252. The maximum atomic E-state index is 12.8. The molecule has 0 saturated heterocycles. The number of hydrogen-bond donors (Lipinski definition) is 0. The van der Waals surface area contributed by atoms with Crippen LogP contribution in [0.1, 0.15) is 31.9 Å². The van der Waals surface area contributed by atoms with Crippen LogP contribution in [0.25, 0.3) is 0 Å². The van der Waals surface area contributed by atoms with Crippen LogP contribution in [0.3, 0.4) is 0 Å². The van der Waals surface area contributed by atoms with Crippen LogP contribution in [-0.2, 0) is 29.6 Å². The predicted octanol–water partition coefficient (Wildman–Crippen LogP) is 4.90. The molecular formula is C20H31Br2NO5. The summed E-state index contributed by atoms with van der Waals surface area (Å²) in [5, 5.41) is 1.41. The highest BCUT2D eigenvalue weighted by molar-refractivity contribution is 9.08. The number of anilines is 1. The standard InChI is InChI=1S/C20H31Br2NO5/c1-20(2,3)28-19(24)23(5-6-26-9-10-27-8-7-25-4)18-12-16(14-21)11-17(13-18)15-22/h11-13H,5-10,14-15H2,1-4H3. The fourth-order valence-electron chi connectivity index (χ4n) is 2.32. The molecule has 0 saturated carbocycles. The zero-order chi connectivity index (χ0) is 21.0. The van der Waals surface area contributed by atoms with Gasteiger partial charge in [-0.05, 0) is 44.0 Å². The molecule has 28 heavy (non-hydrogen) atoms. The maximum Gasteiger partial charge on any atom is 0.414 e. The van der Waals surface area contributed by atoms with Crippen LogP contribution in [-0.4, -0.2) is 58.4 Å². The van der Waals surface area contributed by atoms with Crippen LogP contribution in [0, 0.1) is 0 Å². The summed E-state index contributed by atoms with van der Waals surface area (Å²) in [6.07, 6.45) is -0.389. The average molecular weight is 525 g/mol. The number of carbonyl (C=O) groups is 1. The van der Waals surface area contributed by atoms with Crippen molar-refractivity contribution >= 4 is 43.6 Å². The van der Waals surface area contributed by atoms with Crippen LogP contribution in [0.5, 0.6) is 0 Å². The third-order valence-electron chi connectivity index (χ3n) is 3.53. The first-order chi connectivity index (χ1) is 13.3. The van der Waals surface area contributed by atoms with Crippen molar-refractivity contribution in [2.75, 3.05) is 51.6 Å². The first-order valence-electron chi connectivity index (χ1n) is 9.20. The lowest BCUT2D eigenvalue weighted by Gasteiger charge is -2.28. The van der Waals surface area contributed by atoms with E-state index in [9.17, 15) is 4.79 Å². The molecule has 0 atom stereocenters. The Morgan fingerprint density at radius 1 is 0.929 bits per heavy atom. The van der Waals surface area contributed by atoms with Crippen LogP contribution >= 0.6 is 31.9 Å². The normalized spacial score (nSPS) is 11.5. The molecule has 0 spiro atoms. The van der Waals surface area contributed by atoms with E-state index in [1.807, 2.05) is 32.9 Å². The second kappa shape index (κ2) is 13.5. The molecule has 0 aromatic heterocycles. The Bertz CT molecular complexity index is 570. The van der Waals surface area contributed by atoms with Crippen LogP contribution in [0.4, 0.5) is 10.5 Å². The van der Waals surface area contributed by atoms with Gasteiger partial charge in [0, 0.05) is 23.5 Å². The summed E-state index contributed by atoms with van der Waals surface area (Å²) >= 11 is 6.98. The Morgan fingerprint density at radius 3 is 1.96 bits per heavy atom. The highest BCUT2D eigenvalue weighted by atomic mass is 79.9. The number of methoxy groups -OCH3 is 1. The molecule has 0 aliphatic heterocycles. The minimum absolute atomic E-state index is 0.384. The number of amides is 1. The van der Waals surface area contributed by atoms with E-state index in [4.69, 9.17) is 18.9 Å². The van der Waals surface area contributed by atoms with E-state index in [1.165, 1.54) is 0 Å². The summed E-state index contributed by atoms with van der Waals surface area (Å²) in [6.45, 7) is 8.39. The number of halogens is 2. The molecule has 1 rings (SSSR count). The number of benzene rings is 1. The van der Waals surface area contributed by atoms with E-state index in [-0.39, 0.29) is 6.09 Å². The molecule has 1 amide bonds. The van der Waals surface area contributed by atoms with Gasteiger partial charge in [0.15, 0.2) is 0 Å². The van der Waals surface area contributed by atoms with Gasteiger partial charge in [-0.3, -0.25) is 4.90 Å². The van der Waals surface area contributed by atoms with Gasteiger partial charge in [0.25, 0.3) is 0 Å². The molecule has 0 fully saturated rings. The maximum absolute atomic E-state index is 12.8. The van der Waals surface area contributed by atoms with Gasteiger partial charge < -0.3 is 18.9 Å². The first-order valence-corrected chi connectivity index (χ1v) is 11.4. The molecule has 6 nitrogen and oxygen atoms in total. The minimum atomic E-state index is -0.573. The van der Waals surface area contributed by atoms with E-state index in [0.29, 0.717) is 50.2 Å². The van der Waals surface area contributed by atoms with E-state index in [0.717, 1.165) is 16.8 Å². The highest BCUT2D eigenvalue weighted by Crippen LogP contribution is 2.24. The van der Waals surface area contributed by atoms with Gasteiger partial charge >= 0.3 is 6.09 Å². The van der Waals surface area contributed by atoms with Gasteiger partial charge in [-0.25, -0.2) is 4.79 Å². The predicted molar refractivity (Wildman–Crippen MR) is 119 cm³/mol. The topological polar surface area (TPSA) is 57.2 Å². The van der Waals surface area contributed by atoms with Crippen molar-refractivity contribution in [3.63, 3.8) is 0 Å². The van der Waals surface area contributed by atoms with Crippen molar-refractivity contribution in [2.45, 2.75) is 37.0 Å². The molecule has 160 valence electrons. The molecule has 1 aromatic rings. The summed E-state index contributed by atoms with van der Waals surface area (Å²) < 4.78 is 21.5. The smallest absolute Gasteiger partial charge is 0.414 e. The van der Waals surface area contributed by atoms with Gasteiger partial charge in [0.05, 0.1) is 39.6 Å². The molecule has 8 heteroatoms. The van der Waals surface area contributed by atoms with Crippen molar-refractivity contribution in [1.82, 2.24) is 0 Å². The second-order valence-corrected chi connectivity index (χ2v) is 8.25. The number of nitrogens with zero attached hydrogens (tertiary/aromatic N) is 1. The van der Waals surface area contributed by atoms with Gasteiger partial charge in [0.2, 0.25) is 0 Å². The van der Waals surface area contributed by atoms with Crippen molar-refractivity contribution in [3.05, 3.63) is 29.3 Å².